The molecule has 0 aromatic heterocycles. The van der Waals surface area contributed by atoms with Gasteiger partial charge in [-0.05, 0) is 88.5 Å². The first-order valence-corrected chi connectivity index (χ1v) is 16.9. The van der Waals surface area contributed by atoms with Crippen molar-refractivity contribution < 1.29 is 18.9 Å². The van der Waals surface area contributed by atoms with E-state index in [9.17, 15) is 0 Å². The standard InChI is InChI=1S/C44H46N2O4/c1-47-30-34-10-18-40(19-11-34)45(41-20-12-35(13-21-41)31-48-2)44(28-26-39(27-29-44)38-8-6-5-7-9-38)46(42-22-14-36(15-23-42)32-49-3)43-24-16-37(17-25-43)33-50-4/h5-29,39H,30-33H2,1-4H3. The van der Waals surface area contributed by atoms with E-state index in [1.54, 1.807) is 28.4 Å². The molecule has 5 aromatic rings. The van der Waals surface area contributed by atoms with Crippen LogP contribution in [0, 0.1) is 0 Å². The van der Waals surface area contributed by atoms with Gasteiger partial charge in [-0.15, -0.1) is 0 Å². The van der Waals surface area contributed by atoms with Crippen molar-refractivity contribution in [3.8, 4) is 0 Å². The SMILES string of the molecule is COCc1ccc(N(c2ccc(COC)cc2)C2(N(c3ccc(COC)cc3)c3ccc(COC)cc3)C=CC(c3ccccc3)C=C2)cc1. The summed E-state index contributed by atoms with van der Waals surface area (Å²) in [6.07, 6.45) is 9.35. The van der Waals surface area contributed by atoms with Crippen LogP contribution in [0.5, 0.6) is 0 Å². The second kappa shape index (κ2) is 16.6. The molecule has 256 valence electrons. The quantitative estimate of drug-likeness (QED) is 0.0819. The van der Waals surface area contributed by atoms with Gasteiger partial charge in [0.1, 0.15) is 0 Å². The average Bonchev–Trinajstić information content (AvgIpc) is 3.16. The van der Waals surface area contributed by atoms with Crippen LogP contribution in [0.1, 0.15) is 33.7 Å². The highest BCUT2D eigenvalue weighted by atomic mass is 16.5. The summed E-state index contributed by atoms with van der Waals surface area (Å²) in [5, 5.41) is 0. The van der Waals surface area contributed by atoms with Crippen molar-refractivity contribution in [1.29, 1.82) is 0 Å². The van der Waals surface area contributed by atoms with Gasteiger partial charge in [-0.1, -0.05) is 91.0 Å². The highest BCUT2D eigenvalue weighted by Crippen LogP contribution is 2.46. The van der Waals surface area contributed by atoms with Crippen LogP contribution in [0.4, 0.5) is 22.7 Å². The van der Waals surface area contributed by atoms with Gasteiger partial charge in [0.2, 0.25) is 0 Å². The number of hydrogen-bond acceptors (Lipinski definition) is 6. The zero-order valence-corrected chi connectivity index (χ0v) is 29.4. The number of allylic oxidation sites excluding steroid dienone is 2. The minimum atomic E-state index is -0.817. The van der Waals surface area contributed by atoms with Gasteiger partial charge in [-0.3, -0.25) is 0 Å². The number of benzene rings is 5. The fourth-order valence-corrected chi connectivity index (χ4v) is 6.66. The largest absolute Gasteiger partial charge is 0.380 e. The van der Waals surface area contributed by atoms with E-state index in [4.69, 9.17) is 18.9 Å². The van der Waals surface area contributed by atoms with Crippen LogP contribution < -0.4 is 9.80 Å². The molecule has 5 aromatic carbocycles. The molecule has 6 nitrogen and oxygen atoms in total. The van der Waals surface area contributed by atoms with Gasteiger partial charge in [0.05, 0.1) is 26.4 Å². The number of ether oxygens (including phenoxy) is 4. The van der Waals surface area contributed by atoms with Gasteiger partial charge in [-0.2, -0.15) is 0 Å². The minimum Gasteiger partial charge on any atom is -0.380 e. The van der Waals surface area contributed by atoms with Crippen LogP contribution in [0.2, 0.25) is 0 Å². The summed E-state index contributed by atoms with van der Waals surface area (Å²) in [6.45, 7) is 2.18. The number of rotatable bonds is 15. The molecule has 0 amide bonds. The van der Waals surface area contributed by atoms with Crippen LogP contribution in [-0.2, 0) is 45.4 Å². The van der Waals surface area contributed by atoms with Crippen LogP contribution in [0.3, 0.4) is 0 Å². The normalized spacial score (nSPS) is 13.8. The zero-order valence-electron chi connectivity index (χ0n) is 29.4. The molecule has 0 spiro atoms. The predicted molar refractivity (Wildman–Crippen MR) is 203 cm³/mol. The van der Waals surface area contributed by atoms with Crippen molar-refractivity contribution in [3.05, 3.63) is 180 Å². The molecule has 0 unspecified atom stereocenters. The third-order valence-electron chi connectivity index (χ3n) is 9.02. The molecule has 0 atom stereocenters. The summed E-state index contributed by atoms with van der Waals surface area (Å²) in [5.41, 5.74) is 9.01. The van der Waals surface area contributed by atoms with Crippen molar-refractivity contribution in [2.24, 2.45) is 0 Å². The number of methoxy groups -OCH3 is 4. The first kappa shape index (κ1) is 34.9. The van der Waals surface area contributed by atoms with E-state index < -0.39 is 5.66 Å². The van der Waals surface area contributed by atoms with Gasteiger partial charge in [0.15, 0.2) is 5.66 Å². The van der Waals surface area contributed by atoms with Crippen LogP contribution >= 0.6 is 0 Å². The molecule has 1 aliphatic rings. The van der Waals surface area contributed by atoms with Crippen LogP contribution in [-0.4, -0.2) is 34.1 Å². The summed E-state index contributed by atoms with van der Waals surface area (Å²) in [4.78, 5) is 4.83. The topological polar surface area (TPSA) is 43.4 Å². The maximum absolute atomic E-state index is 5.47. The Bertz CT molecular complexity index is 1620. The van der Waals surface area contributed by atoms with E-state index in [1.165, 1.54) is 5.56 Å². The van der Waals surface area contributed by atoms with E-state index in [-0.39, 0.29) is 5.92 Å². The molecular weight excluding hydrogens is 620 g/mol. The number of nitrogens with zero attached hydrogens (tertiary/aromatic N) is 2. The predicted octanol–water partition coefficient (Wildman–Crippen LogP) is 9.85. The Balaban J connectivity index is 1.60. The van der Waals surface area contributed by atoms with Crippen LogP contribution in [0.25, 0.3) is 0 Å². The Morgan fingerprint density at radius 1 is 0.420 bits per heavy atom. The van der Waals surface area contributed by atoms with Crippen molar-refractivity contribution in [3.63, 3.8) is 0 Å². The van der Waals surface area contributed by atoms with Gasteiger partial charge in [-0.25, -0.2) is 0 Å². The minimum absolute atomic E-state index is 0.120. The van der Waals surface area contributed by atoms with Gasteiger partial charge < -0.3 is 28.7 Å². The molecule has 0 saturated heterocycles. The van der Waals surface area contributed by atoms with E-state index in [2.05, 4.69) is 161 Å². The Morgan fingerprint density at radius 3 is 1.00 bits per heavy atom. The molecule has 0 heterocycles. The molecule has 50 heavy (non-hydrogen) atoms. The lowest BCUT2D eigenvalue weighted by Crippen LogP contribution is -2.56. The highest BCUT2D eigenvalue weighted by Gasteiger charge is 2.42. The Kier molecular flexibility index (Phi) is 11.6. The first-order valence-electron chi connectivity index (χ1n) is 16.9. The van der Waals surface area contributed by atoms with Crippen LogP contribution in [0.15, 0.2) is 152 Å². The first-order chi connectivity index (χ1) is 24.6. The molecule has 0 saturated carbocycles. The van der Waals surface area contributed by atoms with Crippen molar-refractivity contribution in [1.82, 2.24) is 0 Å². The summed E-state index contributed by atoms with van der Waals surface area (Å²) >= 11 is 0. The lowest BCUT2D eigenvalue weighted by Gasteiger charge is -2.51. The molecular formula is C44H46N2O4. The van der Waals surface area contributed by atoms with Crippen molar-refractivity contribution in [2.75, 3.05) is 38.2 Å². The van der Waals surface area contributed by atoms with Gasteiger partial charge in [0.25, 0.3) is 0 Å². The molecule has 0 bridgehead atoms. The van der Waals surface area contributed by atoms with E-state index in [1.807, 2.05) is 0 Å². The molecule has 0 fully saturated rings. The molecule has 0 aliphatic heterocycles. The Morgan fingerprint density at radius 2 is 0.720 bits per heavy atom. The summed E-state index contributed by atoms with van der Waals surface area (Å²) in [5.74, 6) is 0.120. The fourth-order valence-electron chi connectivity index (χ4n) is 6.66. The second-order valence-corrected chi connectivity index (χ2v) is 12.5. The summed E-state index contributed by atoms with van der Waals surface area (Å²) in [7, 11) is 6.91. The highest BCUT2D eigenvalue weighted by molar-refractivity contribution is 5.78. The lowest BCUT2D eigenvalue weighted by atomic mass is 9.87. The van der Waals surface area contributed by atoms with Gasteiger partial charge >= 0.3 is 0 Å². The summed E-state index contributed by atoms with van der Waals surface area (Å²) < 4.78 is 21.9. The second-order valence-electron chi connectivity index (χ2n) is 12.5. The molecule has 6 heteroatoms. The molecule has 0 N–H and O–H groups in total. The van der Waals surface area contributed by atoms with E-state index >= 15 is 0 Å². The van der Waals surface area contributed by atoms with E-state index in [0.717, 1.165) is 45.0 Å². The average molecular weight is 667 g/mol. The lowest BCUT2D eigenvalue weighted by molar-refractivity contribution is 0.185. The Hall–Kier alpha value is -4.98. The van der Waals surface area contributed by atoms with Crippen molar-refractivity contribution in [2.45, 2.75) is 38.0 Å². The van der Waals surface area contributed by atoms with Gasteiger partial charge in [0, 0.05) is 57.1 Å². The Labute approximate surface area is 296 Å². The fraction of sp³-hybridized carbons (Fsp3) is 0.227. The molecule has 0 radical (unpaired) electrons. The summed E-state index contributed by atoms with van der Waals surface area (Å²) in [6, 6.07) is 45.3. The third kappa shape index (κ3) is 7.75. The maximum atomic E-state index is 5.47. The monoisotopic (exact) mass is 666 g/mol. The maximum Gasteiger partial charge on any atom is 0.160 e. The number of anilines is 4. The number of hydrogen-bond donors (Lipinski definition) is 0. The zero-order chi connectivity index (χ0) is 34.8. The van der Waals surface area contributed by atoms with E-state index in [0.29, 0.717) is 26.4 Å². The smallest absolute Gasteiger partial charge is 0.160 e. The van der Waals surface area contributed by atoms with Crippen molar-refractivity contribution >= 4 is 22.7 Å². The third-order valence-corrected chi connectivity index (χ3v) is 9.02. The molecule has 1 aliphatic carbocycles. The molecule has 6 rings (SSSR count).